The molecule has 1 aromatic carbocycles. The second kappa shape index (κ2) is 8.39. The maximum atomic E-state index is 12.5. The number of nitrogens with zero attached hydrogens (tertiary/aromatic N) is 1. The van der Waals surface area contributed by atoms with Crippen LogP contribution in [0.15, 0.2) is 18.2 Å². The fourth-order valence-corrected chi connectivity index (χ4v) is 4.96. The molecule has 1 saturated heterocycles. The Morgan fingerprint density at radius 1 is 1.29 bits per heavy atom. The topological polar surface area (TPSA) is 49.8 Å². The van der Waals surface area contributed by atoms with E-state index in [1.807, 2.05) is 4.90 Å². The van der Waals surface area contributed by atoms with Crippen LogP contribution < -0.4 is 9.64 Å². The highest BCUT2D eigenvalue weighted by Gasteiger charge is 2.41. The Balaban J connectivity index is 1.57. The first-order valence-corrected chi connectivity index (χ1v) is 10.1. The van der Waals surface area contributed by atoms with Crippen molar-refractivity contribution in [2.75, 3.05) is 18.0 Å². The number of rotatable bonds is 6. The van der Waals surface area contributed by atoms with Gasteiger partial charge in [-0.05, 0) is 68.4 Å². The number of halogens is 4. The first-order valence-electron chi connectivity index (χ1n) is 9.68. The van der Waals surface area contributed by atoms with Crippen LogP contribution in [0.4, 0.5) is 18.9 Å². The van der Waals surface area contributed by atoms with Crippen molar-refractivity contribution >= 4 is 23.3 Å². The summed E-state index contributed by atoms with van der Waals surface area (Å²) in [7, 11) is 0. The molecule has 1 aliphatic carbocycles. The van der Waals surface area contributed by atoms with E-state index in [0.717, 1.165) is 58.0 Å². The number of anilines is 1. The predicted octanol–water partition coefficient (Wildman–Crippen LogP) is 5.88. The van der Waals surface area contributed by atoms with Crippen molar-refractivity contribution in [3.05, 3.63) is 23.2 Å². The first kappa shape index (κ1) is 21.1. The molecule has 3 rings (SSSR count). The molecule has 8 heteroatoms. The fourth-order valence-electron chi connectivity index (χ4n) is 4.72. The van der Waals surface area contributed by atoms with E-state index in [2.05, 4.69) is 4.74 Å². The Morgan fingerprint density at radius 2 is 2.00 bits per heavy atom. The minimum atomic E-state index is -4.73. The number of ether oxygens (including phenoxy) is 1. The number of hydrogen-bond acceptors (Lipinski definition) is 3. The highest BCUT2D eigenvalue weighted by molar-refractivity contribution is 6.33. The third-order valence-corrected chi connectivity index (χ3v) is 6.44. The standard InChI is InChI=1S/C20H25ClF3NO3/c21-16-5-4-15(28-20(22,23)24)12-17(16)25-10-8-19(9-11-25)7-6-14(13-19)2-1-3-18(26)27/h4-5,12,14H,1-3,6-11,13H2,(H,26,27). The van der Waals surface area contributed by atoms with Gasteiger partial charge in [0, 0.05) is 25.6 Å². The molecule has 1 atom stereocenters. The van der Waals surface area contributed by atoms with Gasteiger partial charge in [-0.3, -0.25) is 4.79 Å². The third-order valence-electron chi connectivity index (χ3n) is 6.12. The second-order valence-corrected chi connectivity index (χ2v) is 8.45. The molecule has 1 spiro atoms. The molecule has 2 fully saturated rings. The summed E-state index contributed by atoms with van der Waals surface area (Å²) >= 11 is 6.23. The van der Waals surface area contributed by atoms with Gasteiger partial charge < -0.3 is 14.7 Å². The predicted molar refractivity (Wildman–Crippen MR) is 101 cm³/mol. The molecule has 4 nitrogen and oxygen atoms in total. The van der Waals surface area contributed by atoms with E-state index in [0.29, 0.717) is 16.6 Å². The summed E-state index contributed by atoms with van der Waals surface area (Å²) in [6.07, 6.45) is 2.53. The smallest absolute Gasteiger partial charge is 0.481 e. The molecule has 1 unspecified atom stereocenters. The second-order valence-electron chi connectivity index (χ2n) is 8.04. The summed E-state index contributed by atoms with van der Waals surface area (Å²) in [5.74, 6) is -0.417. The molecule has 1 heterocycles. The Bertz CT molecular complexity index is 702. The van der Waals surface area contributed by atoms with Crippen LogP contribution in [0.5, 0.6) is 5.75 Å². The number of alkyl halides is 3. The minimum absolute atomic E-state index is 0.228. The molecule has 2 aliphatic rings. The van der Waals surface area contributed by atoms with Gasteiger partial charge >= 0.3 is 12.3 Å². The van der Waals surface area contributed by atoms with Gasteiger partial charge in [0.05, 0.1) is 10.7 Å². The zero-order chi connectivity index (χ0) is 20.4. The van der Waals surface area contributed by atoms with Crippen molar-refractivity contribution in [2.45, 2.75) is 57.7 Å². The number of carboxylic acids is 1. The van der Waals surface area contributed by atoms with Gasteiger partial charge in [0.25, 0.3) is 0 Å². The van der Waals surface area contributed by atoms with Crippen LogP contribution in [0.1, 0.15) is 51.4 Å². The molecular weight excluding hydrogens is 395 g/mol. The summed E-state index contributed by atoms with van der Waals surface area (Å²) in [6, 6.07) is 4.02. The van der Waals surface area contributed by atoms with E-state index in [1.165, 1.54) is 18.2 Å². The normalized spacial score (nSPS) is 21.9. The van der Waals surface area contributed by atoms with Crippen LogP contribution in [0, 0.1) is 11.3 Å². The summed E-state index contributed by atoms with van der Waals surface area (Å²) in [6.45, 7) is 1.49. The lowest BCUT2D eigenvalue weighted by atomic mass is 9.76. The fraction of sp³-hybridized carbons (Fsp3) is 0.650. The summed E-state index contributed by atoms with van der Waals surface area (Å²) in [5, 5.41) is 9.20. The lowest BCUT2D eigenvalue weighted by Gasteiger charge is -2.41. The van der Waals surface area contributed by atoms with Crippen LogP contribution in [-0.4, -0.2) is 30.5 Å². The van der Waals surface area contributed by atoms with Crippen molar-refractivity contribution in [3.8, 4) is 5.75 Å². The summed E-state index contributed by atoms with van der Waals surface area (Å²) < 4.78 is 41.5. The van der Waals surface area contributed by atoms with E-state index in [9.17, 15) is 18.0 Å². The summed E-state index contributed by atoms with van der Waals surface area (Å²) in [4.78, 5) is 12.7. The zero-order valence-electron chi connectivity index (χ0n) is 15.6. The number of aliphatic carboxylic acids is 1. The van der Waals surface area contributed by atoms with Gasteiger partial charge in [-0.1, -0.05) is 11.6 Å². The first-order chi connectivity index (χ1) is 13.2. The highest BCUT2D eigenvalue weighted by atomic mass is 35.5. The van der Waals surface area contributed by atoms with Crippen molar-refractivity contribution in [1.29, 1.82) is 0 Å². The molecule has 0 radical (unpaired) electrons. The van der Waals surface area contributed by atoms with Crippen LogP contribution >= 0.6 is 11.6 Å². The Morgan fingerprint density at radius 3 is 2.64 bits per heavy atom. The Hall–Kier alpha value is -1.63. The molecule has 0 amide bonds. The average molecular weight is 420 g/mol. The van der Waals surface area contributed by atoms with Crippen molar-refractivity contribution < 1.29 is 27.8 Å². The zero-order valence-corrected chi connectivity index (χ0v) is 16.4. The Labute approximate surface area is 167 Å². The van der Waals surface area contributed by atoms with E-state index >= 15 is 0 Å². The van der Waals surface area contributed by atoms with Gasteiger partial charge in [0.15, 0.2) is 0 Å². The average Bonchev–Trinajstić information content (AvgIpc) is 2.99. The molecule has 1 saturated carbocycles. The monoisotopic (exact) mass is 419 g/mol. The quantitative estimate of drug-likeness (QED) is 0.625. The number of hydrogen-bond donors (Lipinski definition) is 1. The number of benzene rings is 1. The van der Waals surface area contributed by atoms with Crippen molar-refractivity contribution in [1.82, 2.24) is 0 Å². The largest absolute Gasteiger partial charge is 0.573 e. The van der Waals surface area contributed by atoms with Gasteiger partial charge in [-0.25, -0.2) is 0 Å². The molecule has 1 aromatic rings. The molecule has 0 bridgehead atoms. The molecular formula is C20H25ClF3NO3. The van der Waals surface area contributed by atoms with E-state index in [4.69, 9.17) is 16.7 Å². The maximum absolute atomic E-state index is 12.5. The summed E-state index contributed by atoms with van der Waals surface area (Å²) in [5.41, 5.74) is 0.853. The Kier molecular flexibility index (Phi) is 6.32. The number of carboxylic acid groups (broad SMARTS) is 1. The molecule has 1 aliphatic heterocycles. The molecule has 0 aromatic heterocycles. The number of carbonyl (C=O) groups is 1. The van der Waals surface area contributed by atoms with E-state index in [-0.39, 0.29) is 17.6 Å². The van der Waals surface area contributed by atoms with Gasteiger partial charge in [0.1, 0.15) is 5.75 Å². The third kappa shape index (κ3) is 5.46. The highest BCUT2D eigenvalue weighted by Crippen LogP contribution is 2.51. The van der Waals surface area contributed by atoms with Crippen molar-refractivity contribution in [3.63, 3.8) is 0 Å². The van der Waals surface area contributed by atoms with Crippen molar-refractivity contribution in [2.24, 2.45) is 11.3 Å². The maximum Gasteiger partial charge on any atom is 0.573 e. The molecule has 28 heavy (non-hydrogen) atoms. The van der Waals surface area contributed by atoms with Gasteiger partial charge in [0.2, 0.25) is 0 Å². The molecule has 156 valence electrons. The van der Waals surface area contributed by atoms with Crippen LogP contribution in [0.25, 0.3) is 0 Å². The van der Waals surface area contributed by atoms with E-state index < -0.39 is 12.3 Å². The minimum Gasteiger partial charge on any atom is -0.481 e. The number of piperidine rings is 1. The lowest BCUT2D eigenvalue weighted by molar-refractivity contribution is -0.274. The molecule has 1 N–H and O–H groups in total. The lowest BCUT2D eigenvalue weighted by Crippen LogP contribution is -2.39. The SMILES string of the molecule is O=C(O)CCCC1CCC2(CCN(c3cc(OC(F)(F)F)ccc3Cl)CC2)C1. The van der Waals surface area contributed by atoms with E-state index in [1.54, 1.807) is 0 Å². The van der Waals surface area contributed by atoms with Crippen LogP contribution in [0.3, 0.4) is 0 Å². The van der Waals surface area contributed by atoms with Crippen LogP contribution in [0.2, 0.25) is 5.02 Å². The van der Waals surface area contributed by atoms with Gasteiger partial charge in [-0.15, -0.1) is 13.2 Å². The van der Waals surface area contributed by atoms with Gasteiger partial charge in [-0.2, -0.15) is 0 Å². The van der Waals surface area contributed by atoms with Crippen LogP contribution in [-0.2, 0) is 4.79 Å².